The molecule has 4 heteroatoms. The Hall–Kier alpha value is -1.58. The molecule has 0 atom stereocenters. The number of aryl methyl sites for hydroxylation is 1. The summed E-state index contributed by atoms with van der Waals surface area (Å²) >= 11 is 5.90. The first-order valence-corrected chi connectivity index (χ1v) is 6.93. The standard InChI is InChI=1S/C16H18ClNO2/c1-10(2)13-5-4-12(8-11(13)3)20-16-7-6-14(17)15(9-19)18-16/h4-8,10,19H,9H2,1-3H3. The Morgan fingerprint density at radius 3 is 2.60 bits per heavy atom. The third-order valence-corrected chi connectivity index (χ3v) is 3.47. The Morgan fingerprint density at radius 2 is 2.00 bits per heavy atom. The highest BCUT2D eigenvalue weighted by Crippen LogP contribution is 2.27. The van der Waals surface area contributed by atoms with E-state index in [1.807, 2.05) is 12.1 Å². The van der Waals surface area contributed by atoms with Gasteiger partial charge in [0.1, 0.15) is 5.75 Å². The fourth-order valence-corrected chi connectivity index (χ4v) is 2.28. The predicted molar refractivity (Wildman–Crippen MR) is 80.5 cm³/mol. The molecule has 1 heterocycles. The van der Waals surface area contributed by atoms with Gasteiger partial charge in [-0.2, -0.15) is 0 Å². The summed E-state index contributed by atoms with van der Waals surface area (Å²) in [5.41, 5.74) is 2.91. The van der Waals surface area contributed by atoms with Crippen LogP contribution in [0.4, 0.5) is 0 Å². The van der Waals surface area contributed by atoms with Gasteiger partial charge in [0.15, 0.2) is 0 Å². The number of ether oxygens (including phenoxy) is 1. The maximum Gasteiger partial charge on any atom is 0.219 e. The lowest BCUT2D eigenvalue weighted by Gasteiger charge is -2.12. The molecule has 0 aliphatic carbocycles. The van der Waals surface area contributed by atoms with E-state index in [1.165, 1.54) is 11.1 Å². The van der Waals surface area contributed by atoms with E-state index in [-0.39, 0.29) is 6.61 Å². The first-order valence-electron chi connectivity index (χ1n) is 6.56. The summed E-state index contributed by atoms with van der Waals surface area (Å²) in [4.78, 5) is 4.17. The summed E-state index contributed by atoms with van der Waals surface area (Å²) in [6.45, 7) is 6.19. The summed E-state index contributed by atoms with van der Waals surface area (Å²) in [5, 5.41) is 9.58. The van der Waals surface area contributed by atoms with Gasteiger partial charge in [-0.3, -0.25) is 0 Å². The van der Waals surface area contributed by atoms with E-state index in [0.717, 1.165) is 5.75 Å². The van der Waals surface area contributed by atoms with Crippen LogP contribution in [-0.4, -0.2) is 10.1 Å². The van der Waals surface area contributed by atoms with Crippen molar-refractivity contribution in [2.45, 2.75) is 33.3 Å². The molecule has 2 rings (SSSR count). The van der Waals surface area contributed by atoms with Crippen molar-refractivity contribution < 1.29 is 9.84 Å². The Labute approximate surface area is 124 Å². The van der Waals surface area contributed by atoms with Gasteiger partial charge in [0.25, 0.3) is 0 Å². The monoisotopic (exact) mass is 291 g/mol. The third-order valence-electron chi connectivity index (χ3n) is 3.13. The molecule has 106 valence electrons. The molecule has 0 radical (unpaired) electrons. The minimum Gasteiger partial charge on any atom is -0.439 e. The molecule has 0 amide bonds. The van der Waals surface area contributed by atoms with Crippen molar-refractivity contribution in [3.63, 3.8) is 0 Å². The number of halogens is 1. The van der Waals surface area contributed by atoms with Crippen LogP contribution in [0.1, 0.15) is 36.6 Å². The largest absolute Gasteiger partial charge is 0.439 e. The molecular formula is C16H18ClNO2. The van der Waals surface area contributed by atoms with Gasteiger partial charge in [-0.25, -0.2) is 4.98 Å². The molecule has 0 aliphatic heterocycles. The van der Waals surface area contributed by atoms with Crippen LogP contribution >= 0.6 is 11.6 Å². The minimum atomic E-state index is -0.207. The SMILES string of the molecule is Cc1cc(Oc2ccc(Cl)c(CO)n2)ccc1C(C)C. The maximum absolute atomic E-state index is 9.15. The van der Waals surface area contributed by atoms with Crippen LogP contribution < -0.4 is 4.74 Å². The van der Waals surface area contributed by atoms with Gasteiger partial charge in [0.05, 0.1) is 17.3 Å². The number of aliphatic hydroxyl groups is 1. The molecular weight excluding hydrogens is 274 g/mol. The molecule has 0 bridgehead atoms. The molecule has 2 aromatic rings. The molecule has 1 N–H and O–H groups in total. The average molecular weight is 292 g/mol. The van der Waals surface area contributed by atoms with Crippen molar-refractivity contribution in [2.24, 2.45) is 0 Å². The fourth-order valence-electron chi connectivity index (χ4n) is 2.11. The van der Waals surface area contributed by atoms with Crippen LogP contribution in [0.25, 0.3) is 0 Å². The number of hydrogen-bond donors (Lipinski definition) is 1. The summed E-state index contributed by atoms with van der Waals surface area (Å²) in [6.07, 6.45) is 0. The summed E-state index contributed by atoms with van der Waals surface area (Å²) < 4.78 is 5.71. The Balaban J connectivity index is 2.24. The number of nitrogens with zero attached hydrogens (tertiary/aromatic N) is 1. The molecule has 0 spiro atoms. The molecule has 0 saturated carbocycles. The Morgan fingerprint density at radius 1 is 1.25 bits per heavy atom. The average Bonchev–Trinajstić information content (AvgIpc) is 2.40. The third kappa shape index (κ3) is 3.30. The van der Waals surface area contributed by atoms with Gasteiger partial charge < -0.3 is 9.84 Å². The molecule has 20 heavy (non-hydrogen) atoms. The van der Waals surface area contributed by atoms with Crippen LogP contribution in [0.2, 0.25) is 5.02 Å². The van der Waals surface area contributed by atoms with Crippen molar-refractivity contribution >= 4 is 11.6 Å². The van der Waals surface area contributed by atoms with Crippen LogP contribution in [0.5, 0.6) is 11.6 Å². The number of benzene rings is 1. The van der Waals surface area contributed by atoms with Crippen molar-refractivity contribution in [2.75, 3.05) is 0 Å². The molecule has 0 fully saturated rings. The smallest absolute Gasteiger partial charge is 0.219 e. The molecule has 1 aromatic heterocycles. The zero-order valence-electron chi connectivity index (χ0n) is 11.9. The lowest BCUT2D eigenvalue weighted by Crippen LogP contribution is -1.96. The second-order valence-corrected chi connectivity index (χ2v) is 5.42. The van der Waals surface area contributed by atoms with Gasteiger partial charge in [-0.1, -0.05) is 31.5 Å². The van der Waals surface area contributed by atoms with Gasteiger partial charge in [-0.15, -0.1) is 0 Å². The van der Waals surface area contributed by atoms with Crippen LogP contribution in [0, 0.1) is 6.92 Å². The number of aromatic nitrogens is 1. The molecule has 1 aromatic carbocycles. The van der Waals surface area contributed by atoms with Crippen LogP contribution in [0.3, 0.4) is 0 Å². The van der Waals surface area contributed by atoms with Gasteiger partial charge in [0, 0.05) is 6.07 Å². The Kier molecular flexibility index (Phi) is 4.63. The lowest BCUT2D eigenvalue weighted by atomic mass is 9.98. The second kappa shape index (κ2) is 6.25. The topological polar surface area (TPSA) is 42.4 Å². The van der Waals surface area contributed by atoms with Crippen molar-refractivity contribution in [3.8, 4) is 11.6 Å². The van der Waals surface area contributed by atoms with Crippen LogP contribution in [0.15, 0.2) is 30.3 Å². The van der Waals surface area contributed by atoms with Crippen molar-refractivity contribution in [1.29, 1.82) is 0 Å². The van der Waals surface area contributed by atoms with Gasteiger partial charge >= 0.3 is 0 Å². The summed E-state index contributed by atoms with van der Waals surface area (Å²) in [6, 6.07) is 9.34. The van der Waals surface area contributed by atoms with E-state index in [1.54, 1.807) is 12.1 Å². The highest BCUT2D eigenvalue weighted by Gasteiger charge is 2.07. The number of aliphatic hydroxyl groups excluding tert-OH is 1. The van der Waals surface area contributed by atoms with Gasteiger partial charge in [0.2, 0.25) is 5.88 Å². The highest BCUT2D eigenvalue weighted by atomic mass is 35.5. The van der Waals surface area contributed by atoms with Crippen molar-refractivity contribution in [3.05, 3.63) is 52.2 Å². The molecule has 0 aliphatic rings. The maximum atomic E-state index is 9.15. The molecule has 0 saturated heterocycles. The fraction of sp³-hybridized carbons (Fsp3) is 0.312. The second-order valence-electron chi connectivity index (χ2n) is 5.01. The quantitative estimate of drug-likeness (QED) is 0.905. The Bertz CT molecular complexity index is 611. The van der Waals surface area contributed by atoms with E-state index in [2.05, 4.69) is 31.8 Å². The predicted octanol–water partition coefficient (Wildman–Crippen LogP) is 4.45. The van der Waals surface area contributed by atoms with Gasteiger partial charge in [-0.05, 0) is 42.2 Å². The lowest BCUT2D eigenvalue weighted by molar-refractivity contribution is 0.275. The zero-order valence-corrected chi connectivity index (χ0v) is 12.6. The molecule has 0 unspecified atom stereocenters. The van der Waals surface area contributed by atoms with E-state index >= 15 is 0 Å². The summed E-state index contributed by atoms with van der Waals surface area (Å²) in [7, 11) is 0. The van der Waals surface area contributed by atoms with Crippen molar-refractivity contribution in [1.82, 2.24) is 4.98 Å². The minimum absolute atomic E-state index is 0.207. The first-order chi connectivity index (χ1) is 9.51. The highest BCUT2D eigenvalue weighted by molar-refractivity contribution is 6.31. The van der Waals surface area contributed by atoms with E-state index in [0.29, 0.717) is 22.5 Å². The normalized spacial score (nSPS) is 10.9. The number of pyridine rings is 1. The number of rotatable bonds is 4. The number of hydrogen-bond acceptors (Lipinski definition) is 3. The van der Waals surface area contributed by atoms with E-state index in [9.17, 15) is 0 Å². The van der Waals surface area contributed by atoms with Crippen LogP contribution in [-0.2, 0) is 6.61 Å². The van der Waals surface area contributed by atoms with E-state index < -0.39 is 0 Å². The summed E-state index contributed by atoms with van der Waals surface area (Å²) in [5.74, 6) is 1.64. The zero-order chi connectivity index (χ0) is 14.7. The molecule has 3 nitrogen and oxygen atoms in total. The van der Waals surface area contributed by atoms with E-state index in [4.69, 9.17) is 21.4 Å². The first kappa shape index (κ1) is 14.8.